The summed E-state index contributed by atoms with van der Waals surface area (Å²) in [7, 11) is 0. The Morgan fingerprint density at radius 3 is 2.92 bits per heavy atom. The lowest BCUT2D eigenvalue weighted by atomic mass is 10.3. The van der Waals surface area contributed by atoms with Gasteiger partial charge in [-0.1, -0.05) is 17.8 Å². The van der Waals surface area contributed by atoms with E-state index in [0.717, 1.165) is 11.5 Å². The summed E-state index contributed by atoms with van der Waals surface area (Å²) in [6.07, 6.45) is 0. The van der Waals surface area contributed by atoms with E-state index in [1.165, 1.54) is 16.6 Å². The maximum atomic E-state index is 5.46. The highest BCUT2D eigenvalue weighted by atomic mass is 32.2. The van der Waals surface area contributed by atoms with Crippen molar-refractivity contribution in [2.45, 2.75) is 0 Å². The van der Waals surface area contributed by atoms with Crippen LogP contribution in [0.5, 0.6) is 0 Å². The van der Waals surface area contributed by atoms with Gasteiger partial charge in [0.05, 0.1) is 10.6 Å². The molecule has 0 unspecified atom stereocenters. The summed E-state index contributed by atoms with van der Waals surface area (Å²) in [5.74, 6) is 0.829. The van der Waals surface area contributed by atoms with Gasteiger partial charge in [0.15, 0.2) is 5.17 Å². The highest BCUT2D eigenvalue weighted by Crippen LogP contribution is 2.16. The zero-order chi connectivity index (χ0) is 8.39. The molecule has 0 radical (unpaired) electrons. The van der Waals surface area contributed by atoms with E-state index in [1.807, 2.05) is 17.5 Å². The lowest BCUT2D eigenvalue weighted by molar-refractivity contribution is 1.22. The third-order valence-electron chi connectivity index (χ3n) is 1.43. The summed E-state index contributed by atoms with van der Waals surface area (Å²) in [5, 5.41) is 10.4. The van der Waals surface area contributed by atoms with Crippen molar-refractivity contribution >= 4 is 34.0 Å². The minimum absolute atomic E-state index is 0.551. The van der Waals surface area contributed by atoms with Crippen LogP contribution in [0.2, 0.25) is 0 Å². The second-order valence-electron chi connectivity index (χ2n) is 2.25. The fourth-order valence-electron chi connectivity index (χ4n) is 0.873. The Morgan fingerprint density at radius 2 is 2.33 bits per heavy atom. The quantitative estimate of drug-likeness (QED) is 0.742. The fraction of sp³-hybridized carbons (Fsp3) is 0.143. The molecule has 0 atom stereocenters. The second kappa shape index (κ2) is 3.28. The van der Waals surface area contributed by atoms with Crippen molar-refractivity contribution in [3.63, 3.8) is 0 Å². The van der Waals surface area contributed by atoms with E-state index in [4.69, 9.17) is 5.73 Å². The lowest BCUT2D eigenvalue weighted by Crippen LogP contribution is -2.15. The molecule has 0 saturated heterocycles. The molecular formula is C7H7N3S2. The number of hydrogen-bond acceptors (Lipinski definition) is 5. The number of amidine groups is 1. The molecule has 5 heteroatoms. The molecule has 0 saturated carbocycles. The summed E-state index contributed by atoms with van der Waals surface area (Å²) in [5.41, 5.74) is 6.48. The van der Waals surface area contributed by atoms with Crippen LogP contribution in [0.4, 0.5) is 0 Å². The molecule has 2 heterocycles. The monoisotopic (exact) mass is 197 g/mol. The average Bonchev–Trinajstić information content (AvgIpc) is 2.58. The average molecular weight is 197 g/mol. The molecule has 1 aliphatic heterocycles. The van der Waals surface area contributed by atoms with Gasteiger partial charge in [0.1, 0.15) is 0 Å². The zero-order valence-corrected chi connectivity index (χ0v) is 7.86. The predicted octanol–water partition coefficient (Wildman–Crippen LogP) is 1.51. The van der Waals surface area contributed by atoms with Crippen molar-refractivity contribution in [2.75, 3.05) is 5.75 Å². The van der Waals surface area contributed by atoms with E-state index in [2.05, 4.69) is 10.2 Å². The van der Waals surface area contributed by atoms with Crippen molar-refractivity contribution in [3.8, 4) is 0 Å². The number of thiophene rings is 1. The van der Waals surface area contributed by atoms with E-state index >= 15 is 0 Å². The standard InChI is InChI=1S/C7H7N3S2/c8-7-10-9-5(4-12-7)6-2-1-3-11-6/h1-3H,4H2,(H2,8,10). The first-order valence-electron chi connectivity index (χ1n) is 3.43. The maximum absolute atomic E-state index is 5.46. The molecule has 12 heavy (non-hydrogen) atoms. The van der Waals surface area contributed by atoms with Gasteiger partial charge < -0.3 is 5.73 Å². The molecule has 0 spiro atoms. The van der Waals surface area contributed by atoms with Gasteiger partial charge in [-0.2, -0.15) is 5.10 Å². The van der Waals surface area contributed by atoms with Crippen molar-refractivity contribution < 1.29 is 0 Å². The van der Waals surface area contributed by atoms with E-state index in [1.54, 1.807) is 11.3 Å². The Hall–Kier alpha value is -0.810. The summed E-state index contributed by atoms with van der Waals surface area (Å²) < 4.78 is 0. The summed E-state index contributed by atoms with van der Waals surface area (Å²) in [4.78, 5) is 1.18. The van der Waals surface area contributed by atoms with Gasteiger partial charge in [0, 0.05) is 5.75 Å². The van der Waals surface area contributed by atoms with E-state index in [-0.39, 0.29) is 0 Å². The molecule has 0 bridgehead atoms. The summed E-state index contributed by atoms with van der Waals surface area (Å²) >= 11 is 3.20. The number of nitrogens with zero attached hydrogens (tertiary/aromatic N) is 2. The third kappa shape index (κ3) is 1.51. The zero-order valence-electron chi connectivity index (χ0n) is 6.23. The summed E-state index contributed by atoms with van der Waals surface area (Å²) in [6.45, 7) is 0. The van der Waals surface area contributed by atoms with Crippen LogP contribution in [0.3, 0.4) is 0 Å². The highest BCUT2D eigenvalue weighted by Gasteiger charge is 2.10. The molecule has 0 aromatic carbocycles. The molecule has 3 nitrogen and oxygen atoms in total. The van der Waals surface area contributed by atoms with Gasteiger partial charge in [-0.05, 0) is 11.4 Å². The first-order chi connectivity index (χ1) is 5.86. The molecule has 62 valence electrons. The van der Waals surface area contributed by atoms with Crippen LogP contribution in [0.25, 0.3) is 0 Å². The van der Waals surface area contributed by atoms with E-state index in [0.29, 0.717) is 5.17 Å². The van der Waals surface area contributed by atoms with Gasteiger partial charge in [0.2, 0.25) is 0 Å². The van der Waals surface area contributed by atoms with Gasteiger partial charge >= 0.3 is 0 Å². The summed E-state index contributed by atoms with van der Waals surface area (Å²) in [6, 6.07) is 4.05. The number of nitrogens with two attached hydrogens (primary N) is 1. The topological polar surface area (TPSA) is 50.7 Å². The Morgan fingerprint density at radius 1 is 1.42 bits per heavy atom. The molecular weight excluding hydrogens is 190 g/mol. The van der Waals surface area contributed by atoms with Crippen molar-refractivity contribution in [1.29, 1.82) is 0 Å². The van der Waals surface area contributed by atoms with Crippen molar-refractivity contribution in [3.05, 3.63) is 22.4 Å². The lowest BCUT2D eigenvalue weighted by Gasteiger charge is -2.05. The van der Waals surface area contributed by atoms with Crippen molar-refractivity contribution in [1.82, 2.24) is 0 Å². The largest absolute Gasteiger partial charge is 0.377 e. The molecule has 0 fully saturated rings. The van der Waals surface area contributed by atoms with Crippen LogP contribution < -0.4 is 5.73 Å². The van der Waals surface area contributed by atoms with Crippen LogP contribution in [0.1, 0.15) is 4.88 Å². The van der Waals surface area contributed by atoms with Crippen LogP contribution >= 0.6 is 23.1 Å². The Labute approximate surface area is 78.4 Å². The van der Waals surface area contributed by atoms with Crippen LogP contribution in [-0.2, 0) is 0 Å². The second-order valence-corrected chi connectivity index (χ2v) is 4.19. The normalized spacial score (nSPS) is 17.0. The first kappa shape index (κ1) is 7.82. The molecule has 1 aliphatic rings. The van der Waals surface area contributed by atoms with Gasteiger partial charge in [-0.25, -0.2) is 0 Å². The molecule has 2 N–H and O–H groups in total. The van der Waals surface area contributed by atoms with Gasteiger partial charge in [-0.3, -0.25) is 0 Å². The minimum Gasteiger partial charge on any atom is -0.377 e. The molecule has 1 aromatic heterocycles. The van der Waals surface area contributed by atoms with E-state index < -0.39 is 0 Å². The maximum Gasteiger partial charge on any atom is 0.180 e. The SMILES string of the molecule is NC1=NN=C(c2cccs2)CS1. The molecule has 0 amide bonds. The van der Waals surface area contributed by atoms with Crippen molar-refractivity contribution in [2.24, 2.45) is 15.9 Å². The van der Waals surface area contributed by atoms with Gasteiger partial charge in [-0.15, -0.1) is 16.4 Å². The molecule has 0 aliphatic carbocycles. The Balaban J connectivity index is 2.27. The number of rotatable bonds is 1. The minimum atomic E-state index is 0.551. The third-order valence-corrected chi connectivity index (χ3v) is 3.15. The number of hydrogen-bond donors (Lipinski definition) is 1. The smallest absolute Gasteiger partial charge is 0.180 e. The molecule has 2 rings (SSSR count). The molecule has 1 aromatic rings. The Kier molecular flexibility index (Phi) is 2.14. The number of thioether (sulfide) groups is 1. The predicted molar refractivity (Wildman–Crippen MR) is 54.9 cm³/mol. The van der Waals surface area contributed by atoms with Crippen LogP contribution in [0.15, 0.2) is 27.7 Å². The van der Waals surface area contributed by atoms with E-state index in [9.17, 15) is 0 Å². The first-order valence-corrected chi connectivity index (χ1v) is 5.29. The highest BCUT2D eigenvalue weighted by molar-refractivity contribution is 8.14. The fourth-order valence-corrected chi connectivity index (χ4v) is 2.27. The van der Waals surface area contributed by atoms with Gasteiger partial charge in [0.25, 0.3) is 0 Å². The Bertz CT molecular complexity index is 326. The van der Waals surface area contributed by atoms with Crippen LogP contribution in [-0.4, -0.2) is 16.6 Å². The van der Waals surface area contributed by atoms with Crippen LogP contribution in [0, 0.1) is 0 Å².